The molecular formula is C18H17Cl2N3O2. The summed E-state index contributed by atoms with van der Waals surface area (Å²) in [5.74, 6) is -0.451. The molecule has 0 aliphatic rings. The summed E-state index contributed by atoms with van der Waals surface area (Å²) in [5.41, 5.74) is 5.21. The Bertz CT molecular complexity index is 797. The number of rotatable bonds is 5. The highest BCUT2D eigenvalue weighted by Gasteiger charge is 2.10. The lowest BCUT2D eigenvalue weighted by Crippen LogP contribution is -2.21. The van der Waals surface area contributed by atoms with Crippen LogP contribution in [0.25, 0.3) is 0 Å². The highest BCUT2D eigenvalue weighted by Crippen LogP contribution is 2.24. The summed E-state index contributed by atoms with van der Waals surface area (Å²) in [6.45, 7) is 3.22. The van der Waals surface area contributed by atoms with Crippen LogP contribution in [0.4, 0.5) is 5.69 Å². The maximum absolute atomic E-state index is 12.0. The lowest BCUT2D eigenvalue weighted by atomic mass is 10.1. The van der Waals surface area contributed by atoms with Gasteiger partial charge in [-0.05, 0) is 42.3 Å². The van der Waals surface area contributed by atoms with Crippen molar-refractivity contribution in [2.45, 2.75) is 20.3 Å². The molecule has 2 N–H and O–H groups in total. The third-order valence-corrected chi connectivity index (χ3v) is 4.08. The number of hydrogen-bond acceptors (Lipinski definition) is 3. The second kappa shape index (κ2) is 8.65. The van der Waals surface area contributed by atoms with E-state index < -0.39 is 0 Å². The Morgan fingerprint density at radius 2 is 1.60 bits per heavy atom. The molecule has 2 aromatic rings. The van der Waals surface area contributed by atoms with Crippen molar-refractivity contribution in [1.82, 2.24) is 5.43 Å². The van der Waals surface area contributed by atoms with Gasteiger partial charge in [0.2, 0.25) is 11.8 Å². The summed E-state index contributed by atoms with van der Waals surface area (Å²) < 4.78 is 0. The number of nitrogens with zero attached hydrogens (tertiary/aromatic N) is 1. The van der Waals surface area contributed by atoms with Gasteiger partial charge in [0.25, 0.3) is 0 Å². The summed E-state index contributed by atoms with van der Waals surface area (Å²) in [6.07, 6.45) is 0.0384. The van der Waals surface area contributed by atoms with Crippen LogP contribution in [0, 0.1) is 0 Å². The molecule has 5 nitrogen and oxygen atoms in total. The quantitative estimate of drug-likeness (QED) is 0.609. The van der Waals surface area contributed by atoms with Gasteiger partial charge in [-0.25, -0.2) is 5.43 Å². The maximum Gasteiger partial charge on any atom is 0.244 e. The molecule has 0 saturated heterocycles. The molecule has 0 unspecified atom stereocenters. The molecule has 0 spiro atoms. The van der Waals surface area contributed by atoms with Gasteiger partial charge in [-0.15, -0.1) is 0 Å². The molecule has 130 valence electrons. The minimum atomic E-state index is -0.316. The highest BCUT2D eigenvalue weighted by atomic mass is 35.5. The largest absolute Gasteiger partial charge is 0.326 e. The van der Waals surface area contributed by atoms with E-state index in [0.717, 1.165) is 5.56 Å². The third kappa shape index (κ3) is 5.59. The SMILES string of the molecule is CC(=O)Nc1ccc(C(C)=NNC(=O)Cc2c(Cl)cccc2Cl)cc1. The summed E-state index contributed by atoms with van der Waals surface area (Å²) in [6, 6.07) is 12.2. The van der Waals surface area contributed by atoms with Crippen molar-refractivity contribution in [1.29, 1.82) is 0 Å². The Kier molecular flexibility index (Phi) is 6.56. The molecule has 0 fully saturated rings. The molecule has 25 heavy (non-hydrogen) atoms. The number of benzene rings is 2. The van der Waals surface area contributed by atoms with Gasteiger partial charge in [0.15, 0.2) is 0 Å². The van der Waals surface area contributed by atoms with E-state index in [1.54, 1.807) is 49.4 Å². The molecule has 0 atom stereocenters. The Balaban J connectivity index is 2.00. The number of carbonyl (C=O) groups is 2. The zero-order valence-electron chi connectivity index (χ0n) is 13.8. The molecule has 0 bridgehead atoms. The first kappa shape index (κ1) is 19.0. The predicted octanol–water partition coefficient (Wildman–Crippen LogP) is 4.03. The van der Waals surface area contributed by atoms with Gasteiger partial charge in [-0.3, -0.25) is 9.59 Å². The standard InChI is InChI=1S/C18H17Cl2N3O2/c1-11(13-6-8-14(9-7-13)21-12(2)24)22-23-18(25)10-15-16(19)4-3-5-17(15)20/h3-9H,10H2,1-2H3,(H,21,24)(H,23,25). The zero-order valence-corrected chi connectivity index (χ0v) is 15.3. The minimum Gasteiger partial charge on any atom is -0.326 e. The van der Waals surface area contributed by atoms with Crippen molar-refractivity contribution in [3.8, 4) is 0 Å². The molecule has 0 aromatic heterocycles. The monoisotopic (exact) mass is 377 g/mol. The van der Waals surface area contributed by atoms with E-state index in [9.17, 15) is 9.59 Å². The van der Waals surface area contributed by atoms with E-state index in [-0.39, 0.29) is 18.2 Å². The topological polar surface area (TPSA) is 70.6 Å². The number of nitrogens with one attached hydrogen (secondary N) is 2. The fraction of sp³-hybridized carbons (Fsp3) is 0.167. The van der Waals surface area contributed by atoms with E-state index in [4.69, 9.17) is 23.2 Å². The number of amides is 2. The van der Waals surface area contributed by atoms with Crippen LogP contribution >= 0.6 is 23.2 Å². The van der Waals surface area contributed by atoms with Crippen LogP contribution in [-0.2, 0) is 16.0 Å². The average Bonchev–Trinajstić information content (AvgIpc) is 2.56. The predicted molar refractivity (Wildman–Crippen MR) is 101 cm³/mol. The molecule has 2 rings (SSSR count). The van der Waals surface area contributed by atoms with Gasteiger partial charge in [0, 0.05) is 22.7 Å². The Morgan fingerprint density at radius 1 is 1.00 bits per heavy atom. The molecule has 0 aliphatic carbocycles. The van der Waals surface area contributed by atoms with Gasteiger partial charge in [0.05, 0.1) is 12.1 Å². The summed E-state index contributed by atoms with van der Waals surface area (Å²) >= 11 is 12.1. The smallest absolute Gasteiger partial charge is 0.244 e. The van der Waals surface area contributed by atoms with Crippen molar-refractivity contribution in [2.24, 2.45) is 5.10 Å². The van der Waals surface area contributed by atoms with Crippen LogP contribution in [0.2, 0.25) is 10.0 Å². The number of hydrazone groups is 1. The van der Waals surface area contributed by atoms with E-state index >= 15 is 0 Å². The molecule has 2 amide bonds. The molecule has 0 heterocycles. The lowest BCUT2D eigenvalue weighted by molar-refractivity contribution is -0.120. The first-order valence-electron chi connectivity index (χ1n) is 7.51. The van der Waals surface area contributed by atoms with Crippen molar-refractivity contribution < 1.29 is 9.59 Å². The molecule has 0 aliphatic heterocycles. The van der Waals surface area contributed by atoms with Crippen molar-refractivity contribution >= 4 is 46.4 Å². The van der Waals surface area contributed by atoms with Gasteiger partial charge >= 0.3 is 0 Å². The Hall–Kier alpha value is -2.37. The number of halogens is 2. The lowest BCUT2D eigenvalue weighted by Gasteiger charge is -2.07. The molecule has 0 saturated carbocycles. The number of anilines is 1. The van der Waals surface area contributed by atoms with Crippen LogP contribution in [-0.4, -0.2) is 17.5 Å². The molecule has 0 radical (unpaired) electrons. The molecule has 2 aromatic carbocycles. The van der Waals surface area contributed by atoms with Crippen LogP contribution in [0.15, 0.2) is 47.6 Å². The summed E-state index contributed by atoms with van der Waals surface area (Å²) in [7, 11) is 0. The number of hydrogen-bond donors (Lipinski definition) is 2. The van der Waals surface area contributed by atoms with Crippen LogP contribution in [0.5, 0.6) is 0 Å². The van der Waals surface area contributed by atoms with Crippen LogP contribution in [0.1, 0.15) is 25.0 Å². The normalized spacial score (nSPS) is 11.1. The van der Waals surface area contributed by atoms with Gasteiger partial charge in [0.1, 0.15) is 0 Å². The second-order valence-corrected chi connectivity index (χ2v) is 6.18. The zero-order chi connectivity index (χ0) is 18.4. The van der Waals surface area contributed by atoms with Crippen molar-refractivity contribution in [3.05, 3.63) is 63.6 Å². The van der Waals surface area contributed by atoms with E-state index in [2.05, 4.69) is 15.8 Å². The van der Waals surface area contributed by atoms with Crippen molar-refractivity contribution in [2.75, 3.05) is 5.32 Å². The fourth-order valence-corrected chi connectivity index (χ4v) is 2.64. The van der Waals surface area contributed by atoms with E-state index in [1.165, 1.54) is 6.92 Å². The minimum absolute atomic E-state index is 0.0384. The van der Waals surface area contributed by atoms with Crippen LogP contribution in [0.3, 0.4) is 0 Å². The fourth-order valence-electron chi connectivity index (χ4n) is 2.11. The molecular weight excluding hydrogens is 361 g/mol. The maximum atomic E-state index is 12.0. The van der Waals surface area contributed by atoms with Gasteiger partial charge in [-0.1, -0.05) is 41.4 Å². The van der Waals surface area contributed by atoms with Crippen LogP contribution < -0.4 is 10.7 Å². The highest BCUT2D eigenvalue weighted by molar-refractivity contribution is 6.36. The first-order valence-corrected chi connectivity index (χ1v) is 8.26. The van der Waals surface area contributed by atoms with E-state index in [1.807, 2.05) is 0 Å². The van der Waals surface area contributed by atoms with Crippen molar-refractivity contribution in [3.63, 3.8) is 0 Å². The summed E-state index contributed by atoms with van der Waals surface area (Å²) in [4.78, 5) is 23.1. The van der Waals surface area contributed by atoms with E-state index in [0.29, 0.717) is 27.0 Å². The van der Waals surface area contributed by atoms with Gasteiger partial charge < -0.3 is 5.32 Å². The molecule has 7 heteroatoms. The number of carbonyl (C=O) groups excluding carboxylic acids is 2. The summed E-state index contributed by atoms with van der Waals surface area (Å²) in [5, 5.41) is 7.65. The van der Waals surface area contributed by atoms with Gasteiger partial charge in [-0.2, -0.15) is 5.10 Å². The Labute approximate surface area is 156 Å². The second-order valence-electron chi connectivity index (χ2n) is 5.37. The average molecular weight is 378 g/mol. The third-order valence-electron chi connectivity index (χ3n) is 3.37. The first-order chi connectivity index (χ1) is 11.9. The Morgan fingerprint density at radius 3 is 2.16 bits per heavy atom.